The van der Waals surface area contributed by atoms with E-state index >= 15 is 0 Å². The summed E-state index contributed by atoms with van der Waals surface area (Å²) in [5.74, 6) is -0.283. The summed E-state index contributed by atoms with van der Waals surface area (Å²) >= 11 is 9.23. The molecule has 3 aromatic rings. The van der Waals surface area contributed by atoms with Gasteiger partial charge in [0.15, 0.2) is 0 Å². The fourth-order valence-corrected chi connectivity index (χ4v) is 2.53. The molecule has 0 atom stereocenters. The maximum Gasteiger partial charge on any atom is 0.271 e. The molecule has 3 rings (SSSR count). The lowest BCUT2D eigenvalue weighted by Gasteiger charge is -1.99. The third-order valence-corrected chi connectivity index (χ3v) is 3.90. The molecular formula is C16H11BrClN3O. The van der Waals surface area contributed by atoms with Gasteiger partial charge < -0.3 is 4.98 Å². The number of nitrogens with one attached hydrogen (secondary N) is 2. The zero-order valence-electron chi connectivity index (χ0n) is 11.3. The number of H-pyrrole nitrogens is 1. The minimum atomic E-state index is -0.283. The molecule has 0 saturated heterocycles. The van der Waals surface area contributed by atoms with Gasteiger partial charge in [0.25, 0.3) is 5.91 Å². The molecule has 2 aromatic carbocycles. The van der Waals surface area contributed by atoms with Gasteiger partial charge in [-0.05, 0) is 42.5 Å². The molecule has 0 aliphatic heterocycles. The molecule has 1 amide bonds. The number of carbonyl (C=O) groups excluding carboxylic acids is 1. The molecule has 0 aliphatic carbocycles. The van der Waals surface area contributed by atoms with Crippen LogP contribution in [0, 0.1) is 0 Å². The Morgan fingerprint density at radius 1 is 1.23 bits per heavy atom. The first-order valence-electron chi connectivity index (χ1n) is 6.49. The van der Waals surface area contributed by atoms with Crippen LogP contribution in [-0.2, 0) is 0 Å². The van der Waals surface area contributed by atoms with E-state index in [-0.39, 0.29) is 5.91 Å². The van der Waals surface area contributed by atoms with Crippen molar-refractivity contribution in [3.05, 3.63) is 69.3 Å². The zero-order valence-corrected chi connectivity index (χ0v) is 13.6. The van der Waals surface area contributed by atoms with E-state index in [1.807, 2.05) is 24.4 Å². The number of aromatic amines is 1. The first-order valence-corrected chi connectivity index (χ1v) is 7.66. The van der Waals surface area contributed by atoms with E-state index in [4.69, 9.17) is 11.6 Å². The molecule has 0 spiro atoms. The summed E-state index contributed by atoms with van der Waals surface area (Å²) in [7, 11) is 0. The minimum Gasteiger partial charge on any atom is -0.361 e. The Hall–Kier alpha value is -2.11. The highest BCUT2D eigenvalue weighted by Crippen LogP contribution is 2.21. The maximum atomic E-state index is 11.9. The highest BCUT2D eigenvalue weighted by molar-refractivity contribution is 9.10. The number of nitrogens with zero attached hydrogens (tertiary/aromatic N) is 1. The number of benzene rings is 2. The van der Waals surface area contributed by atoms with E-state index < -0.39 is 0 Å². The van der Waals surface area contributed by atoms with Crippen LogP contribution in [0.4, 0.5) is 0 Å². The summed E-state index contributed by atoms with van der Waals surface area (Å²) in [4.78, 5) is 15.1. The summed E-state index contributed by atoms with van der Waals surface area (Å²) in [6, 6.07) is 12.6. The Morgan fingerprint density at radius 2 is 2.00 bits per heavy atom. The van der Waals surface area contributed by atoms with Gasteiger partial charge in [0.1, 0.15) is 0 Å². The fourth-order valence-electron chi connectivity index (χ4n) is 2.05. The van der Waals surface area contributed by atoms with Gasteiger partial charge in [-0.3, -0.25) is 4.79 Å². The summed E-state index contributed by atoms with van der Waals surface area (Å²) in [5, 5.41) is 5.61. The molecule has 0 unspecified atom stereocenters. The van der Waals surface area contributed by atoms with Gasteiger partial charge >= 0.3 is 0 Å². The largest absolute Gasteiger partial charge is 0.361 e. The smallest absolute Gasteiger partial charge is 0.271 e. The molecule has 22 heavy (non-hydrogen) atoms. The quantitative estimate of drug-likeness (QED) is 0.518. The van der Waals surface area contributed by atoms with E-state index in [1.165, 1.54) is 0 Å². The highest BCUT2D eigenvalue weighted by atomic mass is 79.9. The van der Waals surface area contributed by atoms with Gasteiger partial charge in [-0.1, -0.05) is 27.5 Å². The maximum absolute atomic E-state index is 11.9. The second-order valence-corrected chi connectivity index (χ2v) is 5.99. The zero-order chi connectivity index (χ0) is 15.5. The number of fused-ring (bicyclic) bond motifs is 1. The van der Waals surface area contributed by atoms with Crippen LogP contribution in [0.1, 0.15) is 15.9 Å². The molecule has 4 nitrogen and oxygen atoms in total. The molecule has 0 saturated carbocycles. The number of aromatic nitrogens is 1. The number of carbonyl (C=O) groups is 1. The Kier molecular flexibility index (Phi) is 4.27. The third kappa shape index (κ3) is 3.21. The average Bonchev–Trinajstić information content (AvgIpc) is 2.90. The molecule has 0 radical (unpaired) electrons. The van der Waals surface area contributed by atoms with Crippen LogP contribution in [0.5, 0.6) is 0 Å². The molecule has 0 aliphatic rings. The van der Waals surface area contributed by atoms with Crippen molar-refractivity contribution < 1.29 is 4.79 Å². The van der Waals surface area contributed by atoms with E-state index in [0.29, 0.717) is 10.6 Å². The van der Waals surface area contributed by atoms with Crippen molar-refractivity contribution in [2.75, 3.05) is 0 Å². The number of halogens is 2. The molecule has 0 fully saturated rings. The van der Waals surface area contributed by atoms with Crippen LogP contribution in [0.15, 0.2) is 58.2 Å². The third-order valence-electron chi connectivity index (χ3n) is 3.15. The average molecular weight is 377 g/mol. The SMILES string of the molecule is O=C(N/N=C\c1c[nH]c2ccc(Br)cc12)c1ccc(Cl)cc1. The number of hydrogen-bond donors (Lipinski definition) is 2. The van der Waals surface area contributed by atoms with Crippen LogP contribution in [0.3, 0.4) is 0 Å². The van der Waals surface area contributed by atoms with Crippen LogP contribution >= 0.6 is 27.5 Å². The van der Waals surface area contributed by atoms with Gasteiger partial charge in [-0.15, -0.1) is 0 Å². The molecule has 110 valence electrons. The lowest BCUT2D eigenvalue weighted by Crippen LogP contribution is -2.17. The van der Waals surface area contributed by atoms with Crippen molar-refractivity contribution in [1.29, 1.82) is 0 Å². The van der Waals surface area contributed by atoms with E-state index in [1.54, 1.807) is 30.5 Å². The molecular weight excluding hydrogens is 366 g/mol. The number of amides is 1. The molecule has 2 N–H and O–H groups in total. The van der Waals surface area contributed by atoms with Gasteiger partial charge in [-0.25, -0.2) is 5.43 Å². The summed E-state index contributed by atoms with van der Waals surface area (Å²) in [6.45, 7) is 0. The second kappa shape index (κ2) is 6.34. The molecule has 1 aromatic heterocycles. The highest BCUT2D eigenvalue weighted by Gasteiger charge is 2.04. The van der Waals surface area contributed by atoms with Gasteiger partial charge in [0, 0.05) is 37.7 Å². The number of rotatable bonds is 3. The fraction of sp³-hybridized carbons (Fsp3) is 0. The lowest BCUT2D eigenvalue weighted by molar-refractivity contribution is 0.0955. The monoisotopic (exact) mass is 375 g/mol. The van der Waals surface area contributed by atoms with Gasteiger partial charge in [-0.2, -0.15) is 5.10 Å². The Bertz CT molecular complexity index is 855. The van der Waals surface area contributed by atoms with Crippen LogP contribution in [-0.4, -0.2) is 17.1 Å². The Morgan fingerprint density at radius 3 is 2.77 bits per heavy atom. The summed E-state index contributed by atoms with van der Waals surface area (Å²) in [6.07, 6.45) is 3.45. The van der Waals surface area contributed by atoms with Crippen LogP contribution < -0.4 is 5.43 Å². The minimum absolute atomic E-state index is 0.283. The second-order valence-electron chi connectivity index (χ2n) is 4.64. The van der Waals surface area contributed by atoms with Crippen molar-refractivity contribution >= 4 is 50.6 Å². The van der Waals surface area contributed by atoms with Crippen molar-refractivity contribution in [1.82, 2.24) is 10.4 Å². The number of hydrogen-bond acceptors (Lipinski definition) is 2. The normalized spacial score (nSPS) is 11.2. The molecule has 0 bridgehead atoms. The molecule has 6 heteroatoms. The van der Waals surface area contributed by atoms with Crippen molar-refractivity contribution in [3.63, 3.8) is 0 Å². The summed E-state index contributed by atoms with van der Waals surface area (Å²) < 4.78 is 0.986. The topological polar surface area (TPSA) is 57.2 Å². The number of hydrazone groups is 1. The molecule has 1 heterocycles. The Balaban J connectivity index is 1.74. The van der Waals surface area contributed by atoms with E-state index in [0.717, 1.165) is 20.9 Å². The summed E-state index contributed by atoms with van der Waals surface area (Å²) in [5.41, 5.74) is 4.90. The van der Waals surface area contributed by atoms with Crippen LogP contribution in [0.2, 0.25) is 5.02 Å². The Labute approximate surface area is 140 Å². The standard InChI is InChI=1S/C16H11BrClN3O/c17-12-3-6-15-14(7-12)11(8-19-15)9-20-21-16(22)10-1-4-13(18)5-2-10/h1-9,19H,(H,21,22)/b20-9-. The van der Waals surface area contributed by atoms with E-state index in [2.05, 4.69) is 31.4 Å². The predicted molar refractivity (Wildman–Crippen MR) is 92.5 cm³/mol. The van der Waals surface area contributed by atoms with Crippen molar-refractivity contribution in [2.24, 2.45) is 5.10 Å². The van der Waals surface area contributed by atoms with E-state index in [9.17, 15) is 4.79 Å². The lowest BCUT2D eigenvalue weighted by atomic mass is 10.2. The van der Waals surface area contributed by atoms with Gasteiger partial charge in [0.2, 0.25) is 0 Å². The van der Waals surface area contributed by atoms with Crippen molar-refractivity contribution in [2.45, 2.75) is 0 Å². The predicted octanol–water partition coefficient (Wildman–Crippen LogP) is 4.35. The first kappa shape index (κ1) is 14.8. The van der Waals surface area contributed by atoms with Crippen molar-refractivity contribution in [3.8, 4) is 0 Å². The first-order chi connectivity index (χ1) is 10.6. The van der Waals surface area contributed by atoms with Crippen LogP contribution in [0.25, 0.3) is 10.9 Å². The van der Waals surface area contributed by atoms with Gasteiger partial charge in [0.05, 0.1) is 6.21 Å².